The molecule has 0 aromatic heterocycles. The molecule has 0 radical (unpaired) electrons. The Balaban J connectivity index is 1.76. The largest absolute Gasteiger partial charge is 0.352 e. The zero-order valence-electron chi connectivity index (χ0n) is 10.1. The molecule has 1 fully saturated rings. The number of amides is 2. The molecule has 1 aliphatic heterocycles. The van der Waals surface area contributed by atoms with E-state index in [1.807, 2.05) is 0 Å². The molecular formula is C13H15FN2O2. The number of halogens is 1. The van der Waals surface area contributed by atoms with Crippen molar-refractivity contribution in [3.8, 4) is 0 Å². The molecule has 1 N–H and O–H groups in total. The number of hydrogen-bond acceptors (Lipinski definition) is 2. The van der Waals surface area contributed by atoms with Gasteiger partial charge in [-0.2, -0.15) is 0 Å². The Morgan fingerprint density at radius 1 is 1.33 bits per heavy atom. The average Bonchev–Trinajstić information content (AvgIpc) is 2.25. The third-order valence-corrected chi connectivity index (χ3v) is 3.08. The van der Waals surface area contributed by atoms with Crippen LogP contribution in [0.25, 0.3) is 0 Å². The number of rotatable bonds is 3. The van der Waals surface area contributed by atoms with Crippen LogP contribution in [-0.2, 0) is 16.1 Å². The van der Waals surface area contributed by atoms with Gasteiger partial charge in [0, 0.05) is 26.6 Å². The van der Waals surface area contributed by atoms with Gasteiger partial charge in [0.25, 0.3) is 0 Å². The first-order chi connectivity index (χ1) is 8.56. The molecule has 1 aromatic rings. The fraction of sp³-hybridized carbons (Fsp3) is 0.385. The maximum atomic E-state index is 12.7. The molecule has 18 heavy (non-hydrogen) atoms. The van der Waals surface area contributed by atoms with Gasteiger partial charge in [0.1, 0.15) is 5.82 Å². The van der Waals surface area contributed by atoms with Gasteiger partial charge in [0.05, 0.1) is 5.92 Å². The lowest BCUT2D eigenvalue weighted by atomic mass is 9.99. The lowest BCUT2D eigenvalue weighted by molar-refractivity contribution is -0.141. The van der Waals surface area contributed by atoms with E-state index < -0.39 is 0 Å². The van der Waals surface area contributed by atoms with Crippen molar-refractivity contribution in [3.63, 3.8) is 0 Å². The number of likely N-dealkylation sites (tertiary alicyclic amines) is 1. The van der Waals surface area contributed by atoms with Gasteiger partial charge in [0.15, 0.2) is 0 Å². The quantitative estimate of drug-likeness (QED) is 0.867. The molecule has 1 aromatic carbocycles. The molecule has 2 amide bonds. The predicted molar refractivity (Wildman–Crippen MR) is 64.0 cm³/mol. The summed E-state index contributed by atoms with van der Waals surface area (Å²) in [6.07, 6.45) is 0. The van der Waals surface area contributed by atoms with Crippen LogP contribution in [0.2, 0.25) is 0 Å². The summed E-state index contributed by atoms with van der Waals surface area (Å²) in [5, 5.41) is 2.78. The Hall–Kier alpha value is -1.91. The summed E-state index contributed by atoms with van der Waals surface area (Å²) in [6, 6.07) is 6.00. The molecule has 1 aliphatic rings. The van der Waals surface area contributed by atoms with E-state index in [0.717, 1.165) is 5.56 Å². The number of nitrogens with one attached hydrogen (secondary N) is 1. The van der Waals surface area contributed by atoms with Crippen molar-refractivity contribution in [2.45, 2.75) is 13.5 Å². The summed E-state index contributed by atoms with van der Waals surface area (Å²) >= 11 is 0. The van der Waals surface area contributed by atoms with Gasteiger partial charge >= 0.3 is 0 Å². The summed E-state index contributed by atoms with van der Waals surface area (Å²) in [4.78, 5) is 24.3. The van der Waals surface area contributed by atoms with Crippen molar-refractivity contribution in [1.29, 1.82) is 0 Å². The SMILES string of the molecule is CC(=O)N1CC(C(=O)NCc2ccc(F)cc2)C1. The van der Waals surface area contributed by atoms with E-state index in [2.05, 4.69) is 5.32 Å². The zero-order chi connectivity index (χ0) is 13.1. The van der Waals surface area contributed by atoms with Crippen LogP contribution >= 0.6 is 0 Å². The molecule has 5 heteroatoms. The summed E-state index contributed by atoms with van der Waals surface area (Å²) in [7, 11) is 0. The topological polar surface area (TPSA) is 49.4 Å². The van der Waals surface area contributed by atoms with E-state index >= 15 is 0 Å². The molecule has 0 saturated carbocycles. The Labute approximate surface area is 105 Å². The highest BCUT2D eigenvalue weighted by atomic mass is 19.1. The third kappa shape index (κ3) is 2.85. The molecule has 1 heterocycles. The molecule has 4 nitrogen and oxygen atoms in total. The highest BCUT2D eigenvalue weighted by molar-refractivity contribution is 5.83. The van der Waals surface area contributed by atoms with Crippen LogP contribution in [0.1, 0.15) is 12.5 Å². The van der Waals surface area contributed by atoms with E-state index in [1.165, 1.54) is 19.1 Å². The molecule has 0 atom stereocenters. The Morgan fingerprint density at radius 2 is 1.94 bits per heavy atom. The smallest absolute Gasteiger partial charge is 0.226 e. The van der Waals surface area contributed by atoms with Crippen LogP contribution in [0, 0.1) is 11.7 Å². The number of carbonyl (C=O) groups excluding carboxylic acids is 2. The maximum Gasteiger partial charge on any atom is 0.226 e. The Kier molecular flexibility index (Phi) is 3.60. The van der Waals surface area contributed by atoms with Gasteiger partial charge in [-0.3, -0.25) is 9.59 Å². The first kappa shape index (κ1) is 12.5. The highest BCUT2D eigenvalue weighted by Gasteiger charge is 2.33. The summed E-state index contributed by atoms with van der Waals surface area (Å²) in [6.45, 7) is 2.86. The van der Waals surface area contributed by atoms with Crippen LogP contribution in [0.15, 0.2) is 24.3 Å². The van der Waals surface area contributed by atoms with Gasteiger partial charge < -0.3 is 10.2 Å². The van der Waals surface area contributed by atoms with E-state index in [4.69, 9.17) is 0 Å². The fourth-order valence-electron chi connectivity index (χ4n) is 1.84. The minimum absolute atomic E-state index is 0.00224. The van der Waals surface area contributed by atoms with Crippen LogP contribution in [0.5, 0.6) is 0 Å². The normalized spacial score (nSPS) is 15.1. The molecule has 2 rings (SSSR count). The van der Waals surface area contributed by atoms with Crippen molar-refractivity contribution < 1.29 is 14.0 Å². The lowest BCUT2D eigenvalue weighted by Gasteiger charge is -2.37. The summed E-state index contributed by atoms with van der Waals surface area (Å²) in [5.74, 6) is -0.468. The van der Waals surface area contributed by atoms with Crippen molar-refractivity contribution in [3.05, 3.63) is 35.6 Å². The first-order valence-electron chi connectivity index (χ1n) is 5.84. The number of carbonyl (C=O) groups is 2. The molecule has 0 bridgehead atoms. The predicted octanol–water partition coefficient (Wildman–Crippen LogP) is 0.920. The molecule has 0 spiro atoms. The molecule has 1 saturated heterocycles. The van der Waals surface area contributed by atoms with Crippen LogP contribution < -0.4 is 5.32 Å². The van der Waals surface area contributed by atoms with Gasteiger partial charge in [-0.25, -0.2) is 4.39 Å². The van der Waals surface area contributed by atoms with Gasteiger partial charge in [-0.05, 0) is 17.7 Å². The average molecular weight is 250 g/mol. The van der Waals surface area contributed by atoms with E-state index in [0.29, 0.717) is 19.6 Å². The van der Waals surface area contributed by atoms with Crippen molar-refractivity contribution in [2.75, 3.05) is 13.1 Å². The number of nitrogens with zero attached hydrogens (tertiary/aromatic N) is 1. The standard InChI is InChI=1S/C13H15FN2O2/c1-9(17)16-7-11(8-16)13(18)15-6-10-2-4-12(14)5-3-10/h2-5,11H,6-8H2,1H3,(H,15,18). The number of benzene rings is 1. The summed E-state index contributed by atoms with van der Waals surface area (Å²) in [5.41, 5.74) is 0.854. The van der Waals surface area contributed by atoms with Gasteiger partial charge in [0.2, 0.25) is 11.8 Å². The van der Waals surface area contributed by atoms with Gasteiger partial charge in [-0.1, -0.05) is 12.1 Å². The lowest BCUT2D eigenvalue weighted by Crippen LogP contribution is -2.55. The monoisotopic (exact) mass is 250 g/mol. The minimum Gasteiger partial charge on any atom is -0.352 e. The van der Waals surface area contributed by atoms with Crippen LogP contribution in [-0.4, -0.2) is 29.8 Å². The molecular weight excluding hydrogens is 235 g/mol. The van der Waals surface area contributed by atoms with Crippen LogP contribution in [0.3, 0.4) is 0 Å². The number of hydrogen-bond donors (Lipinski definition) is 1. The van der Waals surface area contributed by atoms with E-state index in [-0.39, 0.29) is 23.5 Å². The van der Waals surface area contributed by atoms with Crippen molar-refractivity contribution >= 4 is 11.8 Å². The second kappa shape index (κ2) is 5.16. The van der Waals surface area contributed by atoms with Crippen molar-refractivity contribution in [2.24, 2.45) is 5.92 Å². The Bertz CT molecular complexity index is 453. The molecule has 96 valence electrons. The maximum absolute atomic E-state index is 12.7. The second-order valence-electron chi connectivity index (χ2n) is 4.47. The summed E-state index contributed by atoms with van der Waals surface area (Å²) < 4.78 is 12.7. The molecule has 0 unspecified atom stereocenters. The van der Waals surface area contributed by atoms with E-state index in [9.17, 15) is 14.0 Å². The highest BCUT2D eigenvalue weighted by Crippen LogP contribution is 2.15. The Morgan fingerprint density at radius 3 is 2.50 bits per heavy atom. The van der Waals surface area contributed by atoms with Crippen LogP contribution in [0.4, 0.5) is 4.39 Å². The van der Waals surface area contributed by atoms with Gasteiger partial charge in [-0.15, -0.1) is 0 Å². The fourth-order valence-corrected chi connectivity index (χ4v) is 1.84. The first-order valence-corrected chi connectivity index (χ1v) is 5.84. The second-order valence-corrected chi connectivity index (χ2v) is 4.47. The zero-order valence-corrected chi connectivity index (χ0v) is 10.1. The van der Waals surface area contributed by atoms with Crippen molar-refractivity contribution in [1.82, 2.24) is 10.2 Å². The molecule has 0 aliphatic carbocycles. The minimum atomic E-state index is -0.291. The third-order valence-electron chi connectivity index (χ3n) is 3.08. The van der Waals surface area contributed by atoms with E-state index in [1.54, 1.807) is 17.0 Å².